The van der Waals surface area contributed by atoms with Crippen LogP contribution in [0.1, 0.15) is 25.2 Å². The number of aryl methyl sites for hydroxylation is 2. The van der Waals surface area contributed by atoms with Crippen LogP contribution in [0.2, 0.25) is 0 Å². The van der Waals surface area contributed by atoms with Gasteiger partial charge in [0.1, 0.15) is 0 Å². The first kappa shape index (κ1) is 26.9. The Bertz CT molecular complexity index is 2340. The molecule has 4 aromatic heterocycles. The van der Waals surface area contributed by atoms with E-state index in [1.54, 1.807) is 0 Å². The summed E-state index contributed by atoms with van der Waals surface area (Å²) in [6.45, 7) is 4.29. The van der Waals surface area contributed by atoms with Crippen LogP contribution in [0.15, 0.2) is 128 Å². The van der Waals surface area contributed by atoms with Crippen LogP contribution in [0.4, 0.5) is 0 Å². The first-order valence-corrected chi connectivity index (χ1v) is 15.5. The summed E-state index contributed by atoms with van der Waals surface area (Å²) < 4.78 is 1.92. The largest absolute Gasteiger partial charge is 0.251 e. The molecule has 4 aromatic carbocycles. The zero-order valence-electron chi connectivity index (χ0n) is 25.3. The number of rotatable bonds is 6. The number of nitrogens with zero attached hydrogens (tertiary/aromatic N) is 5. The van der Waals surface area contributed by atoms with Gasteiger partial charge in [0, 0.05) is 45.0 Å². The second-order valence-corrected chi connectivity index (χ2v) is 11.4. The van der Waals surface area contributed by atoms with E-state index in [4.69, 9.17) is 20.1 Å². The maximum absolute atomic E-state index is 5.11. The van der Waals surface area contributed by atoms with Gasteiger partial charge in [-0.3, -0.25) is 9.97 Å². The molecule has 0 radical (unpaired) electrons. The van der Waals surface area contributed by atoms with Crippen LogP contribution in [0.5, 0.6) is 0 Å². The third-order valence-corrected chi connectivity index (χ3v) is 8.53. The highest BCUT2D eigenvalue weighted by atomic mass is 15.3. The number of hydrogen-bond donors (Lipinski definition) is 0. The number of fused-ring (bicyclic) bond motifs is 4. The lowest BCUT2D eigenvalue weighted by Gasteiger charge is -2.12. The Morgan fingerprint density at radius 1 is 0.511 bits per heavy atom. The van der Waals surface area contributed by atoms with Gasteiger partial charge in [-0.25, -0.2) is 9.50 Å². The molecule has 0 aliphatic rings. The molecular weight excluding hydrogens is 550 g/mol. The molecule has 0 unspecified atom stereocenters. The van der Waals surface area contributed by atoms with Crippen LogP contribution in [-0.4, -0.2) is 24.6 Å². The van der Waals surface area contributed by atoms with Crippen LogP contribution in [0, 0.1) is 0 Å². The summed E-state index contributed by atoms with van der Waals surface area (Å²) in [5, 5.41) is 7.24. The summed E-state index contributed by atoms with van der Waals surface area (Å²) >= 11 is 0. The van der Waals surface area contributed by atoms with Crippen LogP contribution >= 0.6 is 0 Å². The van der Waals surface area contributed by atoms with Crippen molar-refractivity contribution in [1.82, 2.24) is 24.6 Å². The van der Waals surface area contributed by atoms with Crippen molar-refractivity contribution in [3.8, 4) is 44.8 Å². The van der Waals surface area contributed by atoms with Crippen molar-refractivity contribution in [2.45, 2.75) is 26.7 Å². The third kappa shape index (κ3) is 4.83. The standard InChI is InChI=1S/C40H31N5/c1-3-32-20-18-28-19-21-34-35(24-33(4-2)42-38(34)37(28)41-32)29-16-11-17-30(22-29)39-43-40-36(27-14-9-6-10-15-27)23-31(25-45(40)44-39)26-12-7-5-8-13-26/h5-25H,3-4H2,1-2H3. The molecule has 0 saturated carbocycles. The van der Waals surface area contributed by atoms with Gasteiger partial charge in [0.25, 0.3) is 0 Å². The molecule has 5 heteroatoms. The van der Waals surface area contributed by atoms with E-state index in [9.17, 15) is 0 Å². The Kier molecular flexibility index (Phi) is 6.64. The topological polar surface area (TPSA) is 56.0 Å². The molecular formula is C40H31N5. The Morgan fingerprint density at radius 2 is 1.20 bits per heavy atom. The zero-order valence-corrected chi connectivity index (χ0v) is 25.3. The maximum Gasteiger partial charge on any atom is 0.182 e. The summed E-state index contributed by atoms with van der Waals surface area (Å²) in [7, 11) is 0. The van der Waals surface area contributed by atoms with E-state index in [-0.39, 0.29) is 0 Å². The molecule has 0 fully saturated rings. The Morgan fingerprint density at radius 3 is 1.98 bits per heavy atom. The van der Waals surface area contributed by atoms with Gasteiger partial charge in [0.2, 0.25) is 0 Å². The first-order chi connectivity index (χ1) is 22.2. The van der Waals surface area contributed by atoms with Gasteiger partial charge in [0.15, 0.2) is 11.5 Å². The monoisotopic (exact) mass is 581 g/mol. The average molecular weight is 582 g/mol. The van der Waals surface area contributed by atoms with E-state index in [1.165, 1.54) is 0 Å². The fourth-order valence-corrected chi connectivity index (χ4v) is 6.13. The van der Waals surface area contributed by atoms with Crippen molar-refractivity contribution < 1.29 is 0 Å². The molecule has 0 amide bonds. The Balaban J connectivity index is 1.30. The zero-order chi connectivity index (χ0) is 30.3. The van der Waals surface area contributed by atoms with Crippen LogP contribution in [0.3, 0.4) is 0 Å². The minimum Gasteiger partial charge on any atom is -0.251 e. The van der Waals surface area contributed by atoms with E-state index < -0.39 is 0 Å². The lowest BCUT2D eigenvalue weighted by atomic mass is 9.96. The Hall–Kier alpha value is -5.68. The molecule has 0 atom stereocenters. The Labute approximate surface area is 261 Å². The first-order valence-electron chi connectivity index (χ1n) is 15.5. The number of aromatic nitrogens is 5. The second kappa shape index (κ2) is 11.1. The molecule has 8 rings (SSSR count). The van der Waals surface area contributed by atoms with E-state index in [2.05, 4.69) is 129 Å². The molecule has 0 spiro atoms. The molecule has 4 heterocycles. The minimum absolute atomic E-state index is 0.688. The lowest BCUT2D eigenvalue weighted by molar-refractivity contribution is 0.968. The molecule has 0 aliphatic heterocycles. The van der Waals surface area contributed by atoms with Gasteiger partial charge in [-0.1, -0.05) is 111 Å². The van der Waals surface area contributed by atoms with Gasteiger partial charge in [-0.15, -0.1) is 5.10 Å². The van der Waals surface area contributed by atoms with Crippen molar-refractivity contribution in [2.75, 3.05) is 0 Å². The molecule has 0 bridgehead atoms. The fraction of sp³-hybridized carbons (Fsp3) is 0.100. The van der Waals surface area contributed by atoms with Crippen molar-refractivity contribution in [1.29, 1.82) is 0 Å². The fourth-order valence-electron chi connectivity index (χ4n) is 6.13. The van der Waals surface area contributed by atoms with E-state index in [0.29, 0.717) is 5.82 Å². The van der Waals surface area contributed by atoms with Crippen molar-refractivity contribution in [3.05, 3.63) is 139 Å². The van der Waals surface area contributed by atoms with Gasteiger partial charge in [-0.2, -0.15) is 0 Å². The molecule has 45 heavy (non-hydrogen) atoms. The highest BCUT2D eigenvalue weighted by Gasteiger charge is 2.16. The van der Waals surface area contributed by atoms with Crippen LogP contribution in [0.25, 0.3) is 72.2 Å². The van der Waals surface area contributed by atoms with E-state index in [0.717, 1.165) is 90.6 Å². The summed E-state index contributed by atoms with van der Waals surface area (Å²) in [6.07, 6.45) is 3.80. The minimum atomic E-state index is 0.688. The van der Waals surface area contributed by atoms with E-state index >= 15 is 0 Å². The summed E-state index contributed by atoms with van der Waals surface area (Å²) in [6, 6.07) is 42.4. The van der Waals surface area contributed by atoms with Crippen molar-refractivity contribution in [3.63, 3.8) is 0 Å². The van der Waals surface area contributed by atoms with E-state index in [1.807, 2.05) is 16.6 Å². The maximum atomic E-state index is 5.11. The highest BCUT2D eigenvalue weighted by molar-refractivity contribution is 6.08. The summed E-state index contributed by atoms with van der Waals surface area (Å²) in [4.78, 5) is 15.2. The summed E-state index contributed by atoms with van der Waals surface area (Å²) in [5.41, 5.74) is 12.5. The number of benzene rings is 4. The normalized spacial score (nSPS) is 11.5. The average Bonchev–Trinajstić information content (AvgIpc) is 3.56. The predicted molar refractivity (Wildman–Crippen MR) is 184 cm³/mol. The molecule has 0 N–H and O–H groups in total. The van der Waals surface area contributed by atoms with Crippen molar-refractivity contribution in [2.24, 2.45) is 0 Å². The smallest absolute Gasteiger partial charge is 0.182 e. The predicted octanol–water partition coefficient (Wildman–Crippen LogP) is 9.62. The highest BCUT2D eigenvalue weighted by Crippen LogP contribution is 2.35. The number of hydrogen-bond acceptors (Lipinski definition) is 4. The SMILES string of the molecule is CCc1ccc2ccc3c(-c4cccc(-c5nc6c(-c7ccccc7)cc(-c7ccccc7)cn6n5)c4)cc(CC)nc3c2n1. The van der Waals surface area contributed by atoms with Gasteiger partial charge in [-0.05, 0) is 59.4 Å². The van der Waals surface area contributed by atoms with Gasteiger partial charge < -0.3 is 0 Å². The molecule has 8 aromatic rings. The third-order valence-electron chi connectivity index (χ3n) is 8.53. The van der Waals surface area contributed by atoms with Crippen molar-refractivity contribution >= 4 is 27.5 Å². The molecule has 216 valence electrons. The molecule has 0 aliphatic carbocycles. The number of pyridine rings is 3. The van der Waals surface area contributed by atoms with Gasteiger partial charge >= 0.3 is 0 Å². The quantitative estimate of drug-likeness (QED) is 0.184. The van der Waals surface area contributed by atoms with Crippen LogP contribution in [-0.2, 0) is 12.8 Å². The second-order valence-electron chi connectivity index (χ2n) is 11.4. The summed E-state index contributed by atoms with van der Waals surface area (Å²) in [5.74, 6) is 0.688. The lowest BCUT2D eigenvalue weighted by Crippen LogP contribution is -1.96. The van der Waals surface area contributed by atoms with Gasteiger partial charge in [0.05, 0.1) is 11.0 Å². The molecule has 0 saturated heterocycles. The molecule has 5 nitrogen and oxygen atoms in total. The van der Waals surface area contributed by atoms with Crippen LogP contribution < -0.4 is 0 Å².